The molecule has 0 radical (unpaired) electrons. The molecule has 7 nitrogen and oxygen atoms in total. The molecule has 26 heavy (non-hydrogen) atoms. The highest BCUT2D eigenvalue weighted by Crippen LogP contribution is 2.29. The van der Waals surface area contributed by atoms with Crippen LogP contribution >= 0.6 is 0 Å². The maximum absolute atomic E-state index is 12.8. The van der Waals surface area contributed by atoms with Crippen LogP contribution in [0.5, 0.6) is 0 Å². The first-order valence-electron chi connectivity index (χ1n) is 8.14. The summed E-state index contributed by atoms with van der Waals surface area (Å²) >= 11 is 0. The van der Waals surface area contributed by atoms with Crippen LogP contribution < -0.4 is 21.7 Å². The molecule has 0 aliphatic rings. The Morgan fingerprint density at radius 1 is 1.04 bits per heavy atom. The van der Waals surface area contributed by atoms with Crippen molar-refractivity contribution in [2.75, 3.05) is 29.0 Å². The fourth-order valence-electron chi connectivity index (χ4n) is 2.08. The molecule has 1 aromatic carbocycles. The van der Waals surface area contributed by atoms with E-state index < -0.39 is 11.7 Å². The van der Waals surface area contributed by atoms with Gasteiger partial charge in [0.1, 0.15) is 0 Å². The Kier molecular flexibility index (Phi) is 6.56. The summed E-state index contributed by atoms with van der Waals surface area (Å²) in [7, 11) is 0. The minimum Gasteiger partial charge on any atom is -0.353 e. The van der Waals surface area contributed by atoms with Crippen LogP contribution in [0.1, 0.15) is 25.0 Å². The normalized spacial score (nSPS) is 11.5. The maximum Gasteiger partial charge on any atom is 0.416 e. The van der Waals surface area contributed by atoms with E-state index in [1.165, 1.54) is 6.07 Å². The van der Waals surface area contributed by atoms with Crippen LogP contribution in [0.25, 0.3) is 0 Å². The molecule has 0 atom stereocenters. The second-order valence-electron chi connectivity index (χ2n) is 5.87. The van der Waals surface area contributed by atoms with Crippen LogP contribution in [0.15, 0.2) is 24.3 Å². The quantitative estimate of drug-likeness (QED) is 0.568. The van der Waals surface area contributed by atoms with E-state index in [9.17, 15) is 13.2 Å². The zero-order valence-electron chi connectivity index (χ0n) is 14.6. The smallest absolute Gasteiger partial charge is 0.353 e. The lowest BCUT2D eigenvalue weighted by molar-refractivity contribution is -0.137. The lowest BCUT2D eigenvalue weighted by Crippen LogP contribution is -2.19. The van der Waals surface area contributed by atoms with Crippen LogP contribution in [-0.2, 0) is 12.7 Å². The Bertz CT molecular complexity index is 719. The van der Waals surface area contributed by atoms with Gasteiger partial charge >= 0.3 is 6.18 Å². The predicted octanol–water partition coefficient (Wildman–Crippen LogP) is 2.69. The number of alkyl halides is 3. The van der Waals surface area contributed by atoms with Crippen LogP contribution in [0.2, 0.25) is 0 Å². The summed E-state index contributed by atoms with van der Waals surface area (Å²) in [5.74, 6) is 0.946. The Labute approximate surface area is 149 Å². The number of anilines is 3. The van der Waals surface area contributed by atoms with Gasteiger partial charge < -0.3 is 21.7 Å². The summed E-state index contributed by atoms with van der Waals surface area (Å²) in [5, 5.41) is 8.96. The van der Waals surface area contributed by atoms with Gasteiger partial charge in [-0.15, -0.1) is 0 Å². The highest BCUT2D eigenvalue weighted by atomic mass is 19.4. The van der Waals surface area contributed by atoms with Gasteiger partial charge in [0.05, 0.1) is 5.56 Å². The highest BCUT2D eigenvalue weighted by molar-refractivity contribution is 5.43. The van der Waals surface area contributed by atoms with Gasteiger partial charge in [-0.3, -0.25) is 0 Å². The number of hydrogen-bond donors (Lipinski definition) is 4. The number of nitrogens with zero attached hydrogens (tertiary/aromatic N) is 3. The molecule has 0 fully saturated rings. The first kappa shape index (κ1) is 19.7. The summed E-state index contributed by atoms with van der Waals surface area (Å²) in [4.78, 5) is 12.7. The van der Waals surface area contributed by atoms with Crippen molar-refractivity contribution in [1.82, 2.24) is 15.0 Å². The predicted molar refractivity (Wildman–Crippen MR) is 94.9 cm³/mol. The monoisotopic (exact) mass is 369 g/mol. The number of rotatable bonds is 8. The molecule has 0 aliphatic heterocycles. The molecule has 5 N–H and O–H groups in total. The number of hydrogen-bond acceptors (Lipinski definition) is 7. The fraction of sp³-hybridized carbons (Fsp3) is 0.438. The van der Waals surface area contributed by atoms with Crippen LogP contribution in [0, 0.1) is 0 Å². The highest BCUT2D eigenvalue weighted by Gasteiger charge is 2.30. The molecule has 0 saturated heterocycles. The second-order valence-corrected chi connectivity index (χ2v) is 5.87. The van der Waals surface area contributed by atoms with E-state index in [2.05, 4.69) is 30.9 Å². The number of nitrogens with one attached hydrogen (secondary N) is 3. The largest absolute Gasteiger partial charge is 0.416 e. The summed E-state index contributed by atoms with van der Waals surface area (Å²) in [6, 6.07) is 5.20. The lowest BCUT2D eigenvalue weighted by atomic mass is 10.1. The Morgan fingerprint density at radius 3 is 2.31 bits per heavy atom. The molecular formula is C16H22F3N7. The van der Waals surface area contributed by atoms with E-state index in [1.54, 1.807) is 6.07 Å². The number of benzene rings is 1. The minimum atomic E-state index is -4.38. The SMILES string of the molecule is CC(C)Nc1nc(NCCN)nc(NCc2cccc(C(F)(F)F)c2)n1. The van der Waals surface area contributed by atoms with E-state index in [4.69, 9.17) is 5.73 Å². The lowest BCUT2D eigenvalue weighted by Gasteiger charge is -2.13. The average Bonchev–Trinajstić information content (AvgIpc) is 2.57. The number of aromatic nitrogens is 3. The van der Waals surface area contributed by atoms with E-state index in [-0.39, 0.29) is 18.5 Å². The Balaban J connectivity index is 2.14. The second kappa shape index (κ2) is 8.65. The van der Waals surface area contributed by atoms with Crippen molar-refractivity contribution in [3.8, 4) is 0 Å². The van der Waals surface area contributed by atoms with Crippen molar-refractivity contribution in [3.05, 3.63) is 35.4 Å². The molecule has 1 heterocycles. The van der Waals surface area contributed by atoms with Gasteiger partial charge in [-0.25, -0.2) is 0 Å². The topological polar surface area (TPSA) is 101 Å². The van der Waals surface area contributed by atoms with Gasteiger partial charge in [0.15, 0.2) is 0 Å². The van der Waals surface area contributed by atoms with Crippen molar-refractivity contribution >= 4 is 17.8 Å². The molecule has 142 valence electrons. The summed E-state index contributed by atoms with van der Waals surface area (Å²) in [6.07, 6.45) is -4.38. The first-order chi connectivity index (χ1) is 12.3. The summed E-state index contributed by atoms with van der Waals surface area (Å²) < 4.78 is 38.4. The molecule has 0 spiro atoms. The first-order valence-corrected chi connectivity index (χ1v) is 8.14. The van der Waals surface area contributed by atoms with Gasteiger partial charge in [0.2, 0.25) is 17.8 Å². The number of halogens is 3. The molecule has 10 heteroatoms. The van der Waals surface area contributed by atoms with Crippen molar-refractivity contribution in [2.24, 2.45) is 5.73 Å². The van der Waals surface area contributed by atoms with Gasteiger partial charge in [0, 0.05) is 25.7 Å². The van der Waals surface area contributed by atoms with E-state index in [1.807, 2.05) is 13.8 Å². The summed E-state index contributed by atoms with van der Waals surface area (Å²) in [5.41, 5.74) is 5.23. The number of nitrogens with two attached hydrogens (primary N) is 1. The minimum absolute atomic E-state index is 0.107. The fourth-order valence-corrected chi connectivity index (χ4v) is 2.08. The zero-order valence-corrected chi connectivity index (χ0v) is 14.6. The van der Waals surface area contributed by atoms with Crippen LogP contribution in [0.3, 0.4) is 0 Å². The third-order valence-corrected chi connectivity index (χ3v) is 3.19. The van der Waals surface area contributed by atoms with Crippen molar-refractivity contribution in [1.29, 1.82) is 0 Å². The van der Waals surface area contributed by atoms with Crippen molar-refractivity contribution in [3.63, 3.8) is 0 Å². The Hall–Kier alpha value is -2.62. The summed E-state index contributed by atoms with van der Waals surface area (Å²) in [6.45, 7) is 4.91. The van der Waals surface area contributed by atoms with Crippen LogP contribution in [-0.4, -0.2) is 34.1 Å². The van der Waals surface area contributed by atoms with Gasteiger partial charge in [-0.2, -0.15) is 28.1 Å². The molecule has 2 rings (SSSR count). The maximum atomic E-state index is 12.8. The third kappa shape index (κ3) is 6.03. The molecule has 0 bridgehead atoms. The van der Waals surface area contributed by atoms with Gasteiger partial charge in [-0.1, -0.05) is 12.1 Å². The standard InChI is InChI=1S/C16H22F3N7/c1-10(2)23-15-25-13(21-7-6-20)24-14(26-15)22-9-11-4-3-5-12(8-11)16(17,18)19/h3-5,8,10H,6-7,9,20H2,1-2H3,(H3,21,22,23,24,25,26). The van der Waals surface area contributed by atoms with Gasteiger partial charge in [0.25, 0.3) is 0 Å². The molecule has 0 saturated carbocycles. The van der Waals surface area contributed by atoms with E-state index >= 15 is 0 Å². The van der Waals surface area contributed by atoms with Crippen molar-refractivity contribution in [2.45, 2.75) is 32.6 Å². The molecule has 2 aromatic rings. The van der Waals surface area contributed by atoms with E-state index in [0.717, 1.165) is 12.1 Å². The molecule has 0 amide bonds. The third-order valence-electron chi connectivity index (χ3n) is 3.19. The van der Waals surface area contributed by atoms with E-state index in [0.29, 0.717) is 30.5 Å². The average molecular weight is 369 g/mol. The molecular weight excluding hydrogens is 347 g/mol. The van der Waals surface area contributed by atoms with Crippen LogP contribution in [0.4, 0.5) is 31.0 Å². The molecule has 0 aliphatic carbocycles. The molecule has 0 unspecified atom stereocenters. The molecule has 1 aromatic heterocycles. The van der Waals surface area contributed by atoms with Crippen molar-refractivity contribution < 1.29 is 13.2 Å². The van der Waals surface area contributed by atoms with Gasteiger partial charge in [-0.05, 0) is 31.5 Å². The Morgan fingerprint density at radius 2 is 1.69 bits per heavy atom. The zero-order chi connectivity index (χ0) is 19.2.